The third kappa shape index (κ3) is 4.00. The van der Waals surface area contributed by atoms with Crippen LogP contribution in [0.1, 0.15) is 20.9 Å². The zero-order chi connectivity index (χ0) is 16.1. The Morgan fingerprint density at radius 2 is 2.04 bits per heavy atom. The number of furan rings is 1. The van der Waals surface area contributed by atoms with Gasteiger partial charge in [-0.15, -0.1) is 0 Å². The van der Waals surface area contributed by atoms with Crippen molar-refractivity contribution in [2.75, 3.05) is 39.3 Å². The predicted octanol–water partition coefficient (Wildman–Crippen LogP) is 1.53. The average Bonchev–Trinajstić information content (AvgIpc) is 3.28. The summed E-state index contributed by atoms with van der Waals surface area (Å²) in [5, 5.41) is 6.65. The highest BCUT2D eigenvalue weighted by atomic mass is 32.1. The van der Waals surface area contributed by atoms with Crippen LogP contribution in [0.25, 0.3) is 0 Å². The molecule has 1 aliphatic rings. The molecule has 2 amide bonds. The SMILES string of the molecule is O=C(NCCN1CCN(C(=O)c2ccco2)CC1)c1ccsc1. The Balaban J connectivity index is 1.38. The number of nitrogens with zero attached hydrogens (tertiary/aromatic N) is 2. The van der Waals surface area contributed by atoms with Crippen LogP contribution < -0.4 is 5.32 Å². The fraction of sp³-hybridized carbons (Fsp3) is 0.375. The highest BCUT2D eigenvalue weighted by Crippen LogP contribution is 2.09. The lowest BCUT2D eigenvalue weighted by molar-refractivity contribution is 0.0607. The van der Waals surface area contributed by atoms with Crippen molar-refractivity contribution in [1.82, 2.24) is 15.1 Å². The smallest absolute Gasteiger partial charge is 0.289 e. The summed E-state index contributed by atoms with van der Waals surface area (Å²) in [6, 6.07) is 5.23. The lowest BCUT2D eigenvalue weighted by Gasteiger charge is -2.34. The molecule has 23 heavy (non-hydrogen) atoms. The van der Waals surface area contributed by atoms with Gasteiger partial charge in [0.1, 0.15) is 0 Å². The molecule has 122 valence electrons. The summed E-state index contributed by atoms with van der Waals surface area (Å²) in [7, 11) is 0. The third-order valence-corrected chi connectivity index (χ3v) is 4.57. The fourth-order valence-corrected chi connectivity index (χ4v) is 3.19. The van der Waals surface area contributed by atoms with Crippen LogP contribution in [0.4, 0.5) is 0 Å². The second-order valence-corrected chi connectivity index (χ2v) is 6.16. The first kappa shape index (κ1) is 15.8. The number of hydrogen-bond donors (Lipinski definition) is 1. The summed E-state index contributed by atoms with van der Waals surface area (Å²) in [6.45, 7) is 4.37. The largest absolute Gasteiger partial charge is 0.459 e. The second-order valence-electron chi connectivity index (χ2n) is 5.38. The summed E-state index contributed by atoms with van der Waals surface area (Å²) in [5.74, 6) is 0.305. The molecule has 3 heterocycles. The first-order chi connectivity index (χ1) is 11.2. The van der Waals surface area contributed by atoms with Gasteiger partial charge >= 0.3 is 0 Å². The Hall–Kier alpha value is -2.12. The van der Waals surface area contributed by atoms with Crippen molar-refractivity contribution in [3.05, 3.63) is 46.5 Å². The van der Waals surface area contributed by atoms with E-state index in [1.807, 2.05) is 16.8 Å². The van der Waals surface area contributed by atoms with Crippen LogP contribution in [-0.4, -0.2) is 60.9 Å². The van der Waals surface area contributed by atoms with E-state index in [9.17, 15) is 9.59 Å². The van der Waals surface area contributed by atoms with Crippen molar-refractivity contribution in [3.63, 3.8) is 0 Å². The molecule has 2 aromatic rings. The van der Waals surface area contributed by atoms with E-state index in [0.29, 0.717) is 31.0 Å². The van der Waals surface area contributed by atoms with E-state index in [2.05, 4.69) is 10.2 Å². The van der Waals surface area contributed by atoms with Gasteiger partial charge in [-0.1, -0.05) is 0 Å². The van der Waals surface area contributed by atoms with E-state index < -0.39 is 0 Å². The number of amides is 2. The van der Waals surface area contributed by atoms with Crippen molar-refractivity contribution in [3.8, 4) is 0 Å². The van der Waals surface area contributed by atoms with Crippen LogP contribution in [0.15, 0.2) is 39.6 Å². The molecule has 0 aromatic carbocycles. The van der Waals surface area contributed by atoms with Gasteiger partial charge in [0.25, 0.3) is 11.8 Å². The van der Waals surface area contributed by atoms with Crippen molar-refractivity contribution >= 4 is 23.2 Å². The number of carbonyl (C=O) groups is 2. The minimum absolute atomic E-state index is 0.0297. The van der Waals surface area contributed by atoms with E-state index in [0.717, 1.165) is 19.6 Å². The van der Waals surface area contributed by atoms with Gasteiger partial charge in [-0.25, -0.2) is 0 Å². The first-order valence-electron chi connectivity index (χ1n) is 7.59. The molecule has 1 aliphatic heterocycles. The quantitative estimate of drug-likeness (QED) is 0.901. The number of nitrogens with one attached hydrogen (secondary N) is 1. The van der Waals surface area contributed by atoms with Gasteiger partial charge in [0.2, 0.25) is 0 Å². The summed E-state index contributed by atoms with van der Waals surface area (Å²) in [5.41, 5.74) is 0.712. The van der Waals surface area contributed by atoms with E-state index in [1.165, 1.54) is 17.6 Å². The van der Waals surface area contributed by atoms with E-state index in [-0.39, 0.29) is 11.8 Å². The normalized spacial score (nSPS) is 15.6. The fourth-order valence-electron chi connectivity index (χ4n) is 2.55. The summed E-state index contributed by atoms with van der Waals surface area (Å²) in [4.78, 5) is 28.0. The van der Waals surface area contributed by atoms with Gasteiger partial charge in [-0.2, -0.15) is 11.3 Å². The molecule has 0 radical (unpaired) electrons. The third-order valence-electron chi connectivity index (χ3n) is 3.89. The number of piperazine rings is 1. The van der Waals surface area contributed by atoms with Crippen LogP contribution >= 0.6 is 11.3 Å². The van der Waals surface area contributed by atoms with Crippen LogP contribution in [0.3, 0.4) is 0 Å². The number of carbonyl (C=O) groups excluding carboxylic acids is 2. The van der Waals surface area contributed by atoms with Gasteiger partial charge in [0.15, 0.2) is 5.76 Å². The molecule has 0 saturated carbocycles. The van der Waals surface area contributed by atoms with Crippen LogP contribution in [0, 0.1) is 0 Å². The summed E-state index contributed by atoms with van der Waals surface area (Å²) < 4.78 is 5.15. The Morgan fingerprint density at radius 1 is 1.22 bits per heavy atom. The van der Waals surface area contributed by atoms with Crippen LogP contribution in [-0.2, 0) is 0 Å². The molecule has 7 heteroatoms. The maximum atomic E-state index is 12.2. The van der Waals surface area contributed by atoms with Gasteiger partial charge in [-0.05, 0) is 23.6 Å². The van der Waals surface area contributed by atoms with Crippen LogP contribution in [0.5, 0.6) is 0 Å². The van der Waals surface area contributed by atoms with Crippen molar-refractivity contribution < 1.29 is 14.0 Å². The minimum Gasteiger partial charge on any atom is -0.459 e. The monoisotopic (exact) mass is 333 g/mol. The molecule has 2 aromatic heterocycles. The van der Waals surface area contributed by atoms with Crippen LogP contribution in [0.2, 0.25) is 0 Å². The van der Waals surface area contributed by atoms with Gasteiger partial charge in [0, 0.05) is 50.2 Å². The number of rotatable bonds is 5. The van der Waals surface area contributed by atoms with Gasteiger partial charge in [-0.3, -0.25) is 14.5 Å². The van der Waals surface area contributed by atoms with Crippen molar-refractivity contribution in [2.45, 2.75) is 0 Å². The lowest BCUT2D eigenvalue weighted by atomic mass is 10.2. The summed E-state index contributed by atoms with van der Waals surface area (Å²) in [6.07, 6.45) is 1.51. The number of hydrogen-bond acceptors (Lipinski definition) is 5. The highest BCUT2D eigenvalue weighted by molar-refractivity contribution is 7.08. The Morgan fingerprint density at radius 3 is 2.70 bits per heavy atom. The molecule has 1 saturated heterocycles. The second kappa shape index (κ2) is 7.43. The summed E-state index contributed by atoms with van der Waals surface area (Å²) >= 11 is 1.51. The molecule has 6 nitrogen and oxygen atoms in total. The predicted molar refractivity (Wildman–Crippen MR) is 87.7 cm³/mol. The highest BCUT2D eigenvalue weighted by Gasteiger charge is 2.23. The maximum absolute atomic E-state index is 12.2. The molecule has 3 rings (SSSR count). The molecule has 0 unspecified atom stereocenters. The Labute approximate surface area is 138 Å². The van der Waals surface area contributed by atoms with E-state index >= 15 is 0 Å². The zero-order valence-electron chi connectivity index (χ0n) is 12.7. The molecule has 0 spiro atoms. The Kier molecular flexibility index (Phi) is 5.09. The molecule has 1 N–H and O–H groups in total. The molecule has 0 aliphatic carbocycles. The minimum atomic E-state index is -0.0552. The average molecular weight is 333 g/mol. The molecular weight excluding hydrogens is 314 g/mol. The maximum Gasteiger partial charge on any atom is 0.289 e. The molecule has 1 fully saturated rings. The van der Waals surface area contributed by atoms with Gasteiger partial charge in [0.05, 0.1) is 6.26 Å². The zero-order valence-corrected chi connectivity index (χ0v) is 13.6. The number of thiophene rings is 1. The molecule has 0 bridgehead atoms. The van der Waals surface area contributed by atoms with Gasteiger partial charge < -0.3 is 14.6 Å². The van der Waals surface area contributed by atoms with Crippen molar-refractivity contribution in [2.24, 2.45) is 0 Å². The molecule has 0 atom stereocenters. The van der Waals surface area contributed by atoms with E-state index in [4.69, 9.17) is 4.42 Å². The van der Waals surface area contributed by atoms with E-state index in [1.54, 1.807) is 17.0 Å². The first-order valence-corrected chi connectivity index (χ1v) is 8.54. The molecular formula is C16H19N3O3S. The lowest BCUT2D eigenvalue weighted by Crippen LogP contribution is -2.50. The van der Waals surface area contributed by atoms with Crippen molar-refractivity contribution in [1.29, 1.82) is 0 Å². The topological polar surface area (TPSA) is 65.8 Å². The standard InChI is InChI=1S/C16H19N3O3S/c20-15(13-3-11-23-12-13)17-4-5-18-6-8-19(9-7-18)16(21)14-2-1-10-22-14/h1-3,10-12H,4-9H2,(H,17,20). The Bertz CT molecular complexity index is 629.